The summed E-state index contributed by atoms with van der Waals surface area (Å²) in [6.45, 7) is 3.74. The molecule has 400 valence electrons. The number of amides is 1. The Morgan fingerprint density at radius 3 is 1.25 bits per heavy atom. The summed E-state index contributed by atoms with van der Waals surface area (Å²) in [5.41, 5.74) is 0. The van der Waals surface area contributed by atoms with Gasteiger partial charge in [0.15, 0.2) is 6.29 Å². The normalized spacial score (nSPS) is 19.8. The number of aliphatic hydroxyl groups excluding tert-OH is 5. The van der Waals surface area contributed by atoms with Gasteiger partial charge in [-0.3, -0.25) is 4.79 Å². The van der Waals surface area contributed by atoms with E-state index in [1.54, 1.807) is 6.08 Å². The first kappa shape index (κ1) is 64.4. The van der Waals surface area contributed by atoms with Gasteiger partial charge >= 0.3 is 0 Å². The minimum absolute atomic E-state index is 0.185. The third-order valence-corrected chi connectivity index (χ3v) is 13.9. The van der Waals surface area contributed by atoms with Gasteiger partial charge in [0.25, 0.3) is 0 Å². The third-order valence-electron chi connectivity index (χ3n) is 13.9. The lowest BCUT2D eigenvalue weighted by molar-refractivity contribution is -0.302. The summed E-state index contributed by atoms with van der Waals surface area (Å²) in [6.07, 6.45) is 56.9. The first-order chi connectivity index (χ1) is 33.3. The van der Waals surface area contributed by atoms with Crippen molar-refractivity contribution in [3.63, 3.8) is 0 Å². The fourth-order valence-electron chi connectivity index (χ4n) is 9.29. The summed E-state index contributed by atoms with van der Waals surface area (Å²) in [5, 5.41) is 54.2. The zero-order chi connectivity index (χ0) is 49.4. The Labute approximate surface area is 419 Å². The van der Waals surface area contributed by atoms with Gasteiger partial charge in [0.05, 0.1) is 25.4 Å². The second-order valence-electron chi connectivity index (χ2n) is 20.4. The van der Waals surface area contributed by atoms with Crippen molar-refractivity contribution in [3.8, 4) is 0 Å². The average Bonchev–Trinajstić information content (AvgIpc) is 3.34. The number of carbonyl (C=O) groups excluding carboxylic acids is 1. The molecule has 0 aliphatic carbocycles. The van der Waals surface area contributed by atoms with Crippen molar-refractivity contribution in [2.75, 3.05) is 13.2 Å². The van der Waals surface area contributed by atoms with Crippen LogP contribution in [-0.2, 0) is 14.3 Å². The minimum atomic E-state index is -1.57. The van der Waals surface area contributed by atoms with Gasteiger partial charge in [0.2, 0.25) is 5.91 Å². The van der Waals surface area contributed by atoms with E-state index in [4.69, 9.17) is 9.47 Å². The molecule has 9 heteroatoms. The molecule has 0 saturated carbocycles. The quantitative estimate of drug-likeness (QED) is 0.0261. The molecule has 0 aromatic rings. The summed E-state index contributed by atoms with van der Waals surface area (Å²) >= 11 is 0. The maximum Gasteiger partial charge on any atom is 0.220 e. The Bertz CT molecular complexity index is 1160. The molecular formula is C59H111NO8. The zero-order valence-corrected chi connectivity index (χ0v) is 44.4. The van der Waals surface area contributed by atoms with Crippen molar-refractivity contribution in [1.29, 1.82) is 0 Å². The number of unbranched alkanes of at least 4 members (excludes halogenated alkanes) is 36. The van der Waals surface area contributed by atoms with Gasteiger partial charge in [-0.1, -0.05) is 249 Å². The second kappa shape index (κ2) is 49.0. The van der Waals surface area contributed by atoms with Crippen LogP contribution in [0.1, 0.15) is 277 Å². The third kappa shape index (κ3) is 38.1. The number of hydrogen-bond acceptors (Lipinski definition) is 8. The smallest absolute Gasteiger partial charge is 0.220 e. The molecule has 0 radical (unpaired) electrons. The number of nitrogens with one attached hydrogen (secondary N) is 1. The number of rotatable bonds is 50. The van der Waals surface area contributed by atoms with Crippen molar-refractivity contribution in [3.05, 3.63) is 36.5 Å². The van der Waals surface area contributed by atoms with Crippen molar-refractivity contribution in [1.82, 2.24) is 5.32 Å². The Balaban J connectivity index is 2.04. The zero-order valence-electron chi connectivity index (χ0n) is 44.4. The molecule has 1 heterocycles. The molecule has 1 aliphatic rings. The van der Waals surface area contributed by atoms with Gasteiger partial charge in [-0.25, -0.2) is 0 Å². The monoisotopic (exact) mass is 962 g/mol. The second-order valence-corrected chi connectivity index (χ2v) is 20.4. The molecule has 6 N–H and O–H groups in total. The van der Waals surface area contributed by atoms with Gasteiger partial charge < -0.3 is 40.3 Å². The number of hydrogen-bond donors (Lipinski definition) is 6. The van der Waals surface area contributed by atoms with E-state index in [1.165, 1.54) is 218 Å². The van der Waals surface area contributed by atoms with Gasteiger partial charge in [-0.05, 0) is 57.8 Å². The van der Waals surface area contributed by atoms with E-state index in [0.717, 1.165) is 38.5 Å². The Hall–Kier alpha value is -1.59. The predicted molar refractivity (Wildman–Crippen MR) is 286 cm³/mol. The standard InChI is InChI=1S/C59H111NO8/c1-3-5-7-9-11-13-15-16-17-18-19-20-21-22-23-24-25-26-27-28-29-30-31-32-33-34-35-36-37-38-39-41-43-45-47-49-55(63)60-52(51-67-59-58(66)57(65)56(64)54(50-61)68-59)53(62)48-46-44-42-40-14-12-10-8-6-4-2/h14,18-19,40,46,48,52-54,56-59,61-62,64-66H,3-13,15-17,20-39,41-45,47,49-51H2,1-2H3,(H,60,63)/b19-18-,40-14+,48-46+. The van der Waals surface area contributed by atoms with Crippen LogP contribution in [0, 0.1) is 0 Å². The molecule has 1 fully saturated rings. The summed E-state index contributed by atoms with van der Waals surface area (Å²) in [4.78, 5) is 13.0. The van der Waals surface area contributed by atoms with E-state index < -0.39 is 49.5 Å². The van der Waals surface area contributed by atoms with Gasteiger partial charge in [0.1, 0.15) is 24.4 Å². The lowest BCUT2D eigenvalue weighted by atomic mass is 9.99. The molecule has 7 unspecified atom stereocenters. The van der Waals surface area contributed by atoms with Gasteiger partial charge in [-0.15, -0.1) is 0 Å². The highest BCUT2D eigenvalue weighted by atomic mass is 16.7. The van der Waals surface area contributed by atoms with E-state index in [1.807, 2.05) is 6.08 Å². The Morgan fingerprint density at radius 2 is 0.838 bits per heavy atom. The van der Waals surface area contributed by atoms with Crippen molar-refractivity contribution >= 4 is 5.91 Å². The van der Waals surface area contributed by atoms with Crippen molar-refractivity contribution in [2.24, 2.45) is 0 Å². The van der Waals surface area contributed by atoms with Crippen LogP contribution in [0.4, 0.5) is 0 Å². The van der Waals surface area contributed by atoms with E-state index in [-0.39, 0.29) is 12.5 Å². The van der Waals surface area contributed by atoms with Crippen molar-refractivity contribution in [2.45, 2.75) is 320 Å². The summed E-state index contributed by atoms with van der Waals surface area (Å²) in [6, 6.07) is -0.818. The molecule has 0 spiro atoms. The number of allylic oxidation sites excluding steroid dienone is 5. The maximum atomic E-state index is 13.0. The topological polar surface area (TPSA) is 149 Å². The maximum absolute atomic E-state index is 13.0. The molecule has 1 aliphatic heterocycles. The Kier molecular flexibility index (Phi) is 46.4. The van der Waals surface area contributed by atoms with E-state index in [2.05, 4.69) is 43.5 Å². The summed E-state index contributed by atoms with van der Waals surface area (Å²) in [7, 11) is 0. The number of carbonyl (C=O) groups is 1. The summed E-state index contributed by atoms with van der Waals surface area (Å²) < 4.78 is 11.2. The van der Waals surface area contributed by atoms with Crippen LogP contribution in [0.5, 0.6) is 0 Å². The van der Waals surface area contributed by atoms with Crippen LogP contribution in [0.2, 0.25) is 0 Å². The lowest BCUT2D eigenvalue weighted by Crippen LogP contribution is -2.60. The molecule has 1 saturated heterocycles. The summed E-state index contributed by atoms with van der Waals surface area (Å²) in [5.74, 6) is -0.185. The molecule has 0 bridgehead atoms. The minimum Gasteiger partial charge on any atom is -0.394 e. The van der Waals surface area contributed by atoms with Crippen LogP contribution >= 0.6 is 0 Å². The van der Waals surface area contributed by atoms with Crippen LogP contribution in [0.15, 0.2) is 36.5 Å². The fourth-order valence-corrected chi connectivity index (χ4v) is 9.29. The molecule has 7 atom stereocenters. The number of aliphatic hydroxyl groups is 5. The largest absolute Gasteiger partial charge is 0.394 e. The van der Waals surface area contributed by atoms with Crippen LogP contribution in [0.25, 0.3) is 0 Å². The highest BCUT2D eigenvalue weighted by Gasteiger charge is 2.44. The highest BCUT2D eigenvalue weighted by Crippen LogP contribution is 2.23. The lowest BCUT2D eigenvalue weighted by Gasteiger charge is -2.40. The first-order valence-electron chi connectivity index (χ1n) is 29.2. The molecular weight excluding hydrogens is 851 g/mol. The predicted octanol–water partition coefficient (Wildman–Crippen LogP) is 14.4. The molecule has 9 nitrogen and oxygen atoms in total. The molecule has 0 aromatic carbocycles. The van der Waals surface area contributed by atoms with Crippen LogP contribution < -0.4 is 5.32 Å². The average molecular weight is 963 g/mol. The van der Waals surface area contributed by atoms with Crippen LogP contribution in [0.3, 0.4) is 0 Å². The van der Waals surface area contributed by atoms with Crippen molar-refractivity contribution < 1.29 is 39.8 Å². The molecule has 1 amide bonds. The van der Waals surface area contributed by atoms with Gasteiger partial charge in [-0.2, -0.15) is 0 Å². The first-order valence-corrected chi connectivity index (χ1v) is 29.2. The van der Waals surface area contributed by atoms with E-state index >= 15 is 0 Å². The van der Waals surface area contributed by atoms with E-state index in [9.17, 15) is 30.3 Å². The van der Waals surface area contributed by atoms with Gasteiger partial charge in [0, 0.05) is 6.42 Å². The molecule has 1 rings (SSSR count). The fraction of sp³-hybridized carbons (Fsp3) is 0.881. The Morgan fingerprint density at radius 1 is 0.485 bits per heavy atom. The van der Waals surface area contributed by atoms with E-state index in [0.29, 0.717) is 6.42 Å². The number of ether oxygens (including phenoxy) is 2. The molecule has 68 heavy (non-hydrogen) atoms. The SMILES string of the molecule is CCCCCC/C=C/CC/C=C/C(O)C(COC1OC(CO)C(O)C(O)C1O)NC(=O)CCCCCCCCCCCCCCCCCCCCCCCCC/C=C\CCCCCCCCCC. The van der Waals surface area contributed by atoms with Crippen LogP contribution in [-0.4, -0.2) is 87.5 Å². The molecule has 0 aromatic heterocycles. The highest BCUT2D eigenvalue weighted by molar-refractivity contribution is 5.76.